The number of nitrogens with two attached hydrogens (primary N) is 1. The number of carbonyl (C=O) groups is 2. The van der Waals surface area contributed by atoms with E-state index in [0.717, 1.165) is 13.1 Å². The number of likely N-dealkylation sites (tertiary alicyclic amines) is 1. The third kappa shape index (κ3) is 4.64. The molecule has 0 amide bonds. The van der Waals surface area contributed by atoms with Crippen LogP contribution < -0.4 is 5.73 Å². The molecule has 1 fully saturated rings. The first kappa shape index (κ1) is 10.9. The SMILES string of the molecule is CN1CC(N)C1.O=C(O)C(=O)O. The standard InChI is InChI=1S/C4H10N2.C2H2O4/c1-6-2-4(5)3-6;3-1(4)2(5)6/h4H,2-3,5H2,1H3;(H,3,4)(H,5,6). The van der Waals surface area contributed by atoms with Crippen molar-refractivity contribution >= 4 is 11.9 Å². The smallest absolute Gasteiger partial charge is 0.414 e. The summed E-state index contributed by atoms with van der Waals surface area (Å²) in [6.45, 7) is 2.17. The average molecular weight is 176 g/mol. The Balaban J connectivity index is 0.000000202. The molecule has 0 atom stereocenters. The molecular weight excluding hydrogens is 164 g/mol. The van der Waals surface area contributed by atoms with E-state index < -0.39 is 11.9 Å². The number of aliphatic carboxylic acids is 2. The highest BCUT2D eigenvalue weighted by molar-refractivity contribution is 6.27. The molecule has 0 aromatic rings. The number of likely N-dealkylation sites (N-methyl/N-ethyl adjacent to an activating group) is 1. The van der Waals surface area contributed by atoms with Crippen molar-refractivity contribution in [2.75, 3.05) is 20.1 Å². The minimum Gasteiger partial charge on any atom is -0.473 e. The second-order valence-corrected chi connectivity index (χ2v) is 2.59. The number of carboxylic acids is 2. The molecule has 1 heterocycles. The summed E-state index contributed by atoms with van der Waals surface area (Å²) in [6.07, 6.45) is 0. The van der Waals surface area contributed by atoms with Gasteiger partial charge >= 0.3 is 11.9 Å². The molecule has 12 heavy (non-hydrogen) atoms. The van der Waals surface area contributed by atoms with Crippen molar-refractivity contribution < 1.29 is 19.8 Å². The van der Waals surface area contributed by atoms with Gasteiger partial charge in [0.25, 0.3) is 0 Å². The first-order valence-corrected chi connectivity index (χ1v) is 3.33. The van der Waals surface area contributed by atoms with Gasteiger partial charge in [0.15, 0.2) is 0 Å². The van der Waals surface area contributed by atoms with Crippen molar-refractivity contribution in [3.8, 4) is 0 Å². The van der Waals surface area contributed by atoms with Gasteiger partial charge in [0, 0.05) is 19.1 Å². The highest BCUT2D eigenvalue weighted by atomic mass is 16.4. The molecule has 0 unspecified atom stereocenters. The Kier molecular flexibility index (Phi) is 4.24. The molecular formula is C6H12N2O4. The van der Waals surface area contributed by atoms with E-state index in [0.29, 0.717) is 6.04 Å². The lowest BCUT2D eigenvalue weighted by Crippen LogP contribution is -2.53. The van der Waals surface area contributed by atoms with Gasteiger partial charge < -0.3 is 20.8 Å². The van der Waals surface area contributed by atoms with Gasteiger partial charge in [-0.25, -0.2) is 9.59 Å². The van der Waals surface area contributed by atoms with Crippen LogP contribution in [0.15, 0.2) is 0 Å². The number of rotatable bonds is 0. The van der Waals surface area contributed by atoms with E-state index in [2.05, 4.69) is 11.9 Å². The Morgan fingerprint density at radius 1 is 1.33 bits per heavy atom. The molecule has 1 aliphatic rings. The van der Waals surface area contributed by atoms with E-state index in [1.54, 1.807) is 0 Å². The number of carboxylic acid groups (broad SMARTS) is 2. The topological polar surface area (TPSA) is 104 Å². The van der Waals surface area contributed by atoms with Crippen LogP contribution in [0.5, 0.6) is 0 Å². The molecule has 6 heteroatoms. The predicted molar refractivity (Wildman–Crippen MR) is 40.7 cm³/mol. The van der Waals surface area contributed by atoms with Gasteiger partial charge in [-0.2, -0.15) is 0 Å². The normalized spacial score (nSPS) is 17.2. The van der Waals surface area contributed by atoms with Gasteiger partial charge in [-0.05, 0) is 7.05 Å². The Bertz CT molecular complexity index is 158. The Labute approximate surface area is 69.6 Å². The quantitative estimate of drug-likeness (QED) is 0.384. The predicted octanol–water partition coefficient (Wildman–Crippen LogP) is -1.59. The van der Waals surface area contributed by atoms with E-state index in [1.165, 1.54) is 0 Å². The minimum atomic E-state index is -1.82. The molecule has 6 nitrogen and oxygen atoms in total. The fraction of sp³-hybridized carbons (Fsp3) is 0.667. The zero-order valence-corrected chi connectivity index (χ0v) is 6.73. The van der Waals surface area contributed by atoms with Gasteiger partial charge in [0.1, 0.15) is 0 Å². The molecule has 70 valence electrons. The van der Waals surface area contributed by atoms with Gasteiger partial charge in [0.2, 0.25) is 0 Å². The summed E-state index contributed by atoms with van der Waals surface area (Å²) in [7, 11) is 2.07. The molecule has 1 saturated heterocycles. The minimum absolute atomic E-state index is 0.468. The van der Waals surface area contributed by atoms with Crippen molar-refractivity contribution in [3.05, 3.63) is 0 Å². The molecule has 1 aliphatic heterocycles. The van der Waals surface area contributed by atoms with Gasteiger partial charge in [-0.15, -0.1) is 0 Å². The Hall–Kier alpha value is -1.14. The maximum atomic E-state index is 9.10. The summed E-state index contributed by atoms with van der Waals surface area (Å²) in [5.74, 6) is -3.65. The summed E-state index contributed by atoms with van der Waals surface area (Å²) in [5.41, 5.74) is 5.43. The van der Waals surface area contributed by atoms with Crippen molar-refractivity contribution in [1.82, 2.24) is 4.90 Å². The first-order chi connectivity index (χ1) is 5.43. The Morgan fingerprint density at radius 2 is 1.67 bits per heavy atom. The zero-order chi connectivity index (χ0) is 9.72. The van der Waals surface area contributed by atoms with Gasteiger partial charge in [-0.1, -0.05) is 0 Å². The molecule has 0 aromatic heterocycles. The largest absolute Gasteiger partial charge is 0.473 e. The van der Waals surface area contributed by atoms with Crippen LogP contribution in [-0.2, 0) is 9.59 Å². The number of hydrogen-bond donors (Lipinski definition) is 3. The van der Waals surface area contributed by atoms with E-state index in [9.17, 15) is 0 Å². The van der Waals surface area contributed by atoms with E-state index >= 15 is 0 Å². The van der Waals surface area contributed by atoms with Crippen LogP contribution in [0.4, 0.5) is 0 Å². The zero-order valence-electron chi connectivity index (χ0n) is 6.73. The van der Waals surface area contributed by atoms with Crippen molar-refractivity contribution in [3.63, 3.8) is 0 Å². The summed E-state index contributed by atoms with van der Waals surface area (Å²) in [4.78, 5) is 20.4. The molecule has 4 N–H and O–H groups in total. The number of hydrogen-bond acceptors (Lipinski definition) is 4. The van der Waals surface area contributed by atoms with Crippen LogP contribution in [0.2, 0.25) is 0 Å². The van der Waals surface area contributed by atoms with Crippen LogP contribution in [-0.4, -0.2) is 53.2 Å². The van der Waals surface area contributed by atoms with Gasteiger partial charge in [0.05, 0.1) is 0 Å². The van der Waals surface area contributed by atoms with Gasteiger partial charge in [-0.3, -0.25) is 0 Å². The van der Waals surface area contributed by atoms with Crippen LogP contribution in [0, 0.1) is 0 Å². The van der Waals surface area contributed by atoms with Crippen molar-refractivity contribution in [1.29, 1.82) is 0 Å². The van der Waals surface area contributed by atoms with Crippen LogP contribution in [0.25, 0.3) is 0 Å². The summed E-state index contributed by atoms with van der Waals surface area (Å²) in [6, 6.07) is 0.468. The molecule has 0 saturated carbocycles. The second kappa shape index (κ2) is 4.68. The summed E-state index contributed by atoms with van der Waals surface area (Å²) >= 11 is 0. The molecule has 0 aromatic carbocycles. The number of nitrogens with zero attached hydrogens (tertiary/aromatic N) is 1. The van der Waals surface area contributed by atoms with Crippen LogP contribution in [0.1, 0.15) is 0 Å². The molecule has 0 bridgehead atoms. The Morgan fingerprint density at radius 3 is 1.67 bits per heavy atom. The third-order valence-corrected chi connectivity index (χ3v) is 1.28. The van der Waals surface area contributed by atoms with Crippen molar-refractivity contribution in [2.24, 2.45) is 5.73 Å². The fourth-order valence-corrected chi connectivity index (χ4v) is 0.747. The van der Waals surface area contributed by atoms with E-state index in [-0.39, 0.29) is 0 Å². The highest BCUT2D eigenvalue weighted by Gasteiger charge is 2.17. The lowest BCUT2D eigenvalue weighted by Gasteiger charge is -2.32. The fourth-order valence-electron chi connectivity index (χ4n) is 0.747. The molecule has 1 rings (SSSR count). The molecule has 0 radical (unpaired) electrons. The second-order valence-electron chi connectivity index (χ2n) is 2.59. The maximum absolute atomic E-state index is 9.10. The lowest BCUT2D eigenvalue weighted by molar-refractivity contribution is -0.159. The highest BCUT2D eigenvalue weighted by Crippen LogP contribution is 1.98. The maximum Gasteiger partial charge on any atom is 0.414 e. The van der Waals surface area contributed by atoms with E-state index in [1.807, 2.05) is 0 Å². The van der Waals surface area contributed by atoms with Crippen LogP contribution in [0.3, 0.4) is 0 Å². The summed E-state index contributed by atoms with van der Waals surface area (Å²) in [5, 5.41) is 14.8. The van der Waals surface area contributed by atoms with Crippen LogP contribution >= 0.6 is 0 Å². The third-order valence-electron chi connectivity index (χ3n) is 1.28. The first-order valence-electron chi connectivity index (χ1n) is 3.33. The van der Waals surface area contributed by atoms with E-state index in [4.69, 9.17) is 25.5 Å². The molecule has 0 aliphatic carbocycles. The average Bonchev–Trinajstić information content (AvgIpc) is 1.86. The molecule has 0 spiro atoms. The summed E-state index contributed by atoms with van der Waals surface area (Å²) < 4.78 is 0. The lowest BCUT2D eigenvalue weighted by atomic mass is 10.2. The van der Waals surface area contributed by atoms with Crippen molar-refractivity contribution in [2.45, 2.75) is 6.04 Å². The monoisotopic (exact) mass is 176 g/mol.